The number of hydrogen-bond donors (Lipinski definition) is 1. The molecule has 2 aromatic rings. The summed E-state index contributed by atoms with van der Waals surface area (Å²) in [6.45, 7) is 2.27. The molecule has 0 amide bonds. The maximum absolute atomic E-state index is 6.17. The first-order valence-electron chi connectivity index (χ1n) is 6.09. The molecular weight excluding hydrogens is 317 g/mol. The van der Waals surface area contributed by atoms with Crippen molar-refractivity contribution in [1.29, 1.82) is 0 Å². The molecule has 0 fully saturated rings. The largest absolute Gasteiger partial charge is 0.487 e. The van der Waals surface area contributed by atoms with Crippen LogP contribution in [0.25, 0.3) is 0 Å². The summed E-state index contributed by atoms with van der Waals surface area (Å²) < 4.78 is 5.68. The van der Waals surface area contributed by atoms with Crippen molar-refractivity contribution in [2.24, 2.45) is 5.73 Å². The SMILES string of the molecule is CC(N)c1ccc(OCc2ccc(Cl)c(Cl)c2)c(Cl)c1. The summed E-state index contributed by atoms with van der Waals surface area (Å²) in [5.41, 5.74) is 7.69. The third-order valence-corrected chi connectivity index (χ3v) is 3.89. The van der Waals surface area contributed by atoms with Crippen LogP contribution in [0.15, 0.2) is 36.4 Å². The first kappa shape index (κ1) is 15.5. The summed E-state index contributed by atoms with van der Waals surface area (Å²) in [5, 5.41) is 1.57. The molecule has 2 aromatic carbocycles. The molecule has 5 heteroatoms. The van der Waals surface area contributed by atoms with Crippen molar-refractivity contribution in [3.8, 4) is 5.75 Å². The lowest BCUT2D eigenvalue weighted by molar-refractivity contribution is 0.306. The van der Waals surface area contributed by atoms with Crippen molar-refractivity contribution in [3.05, 3.63) is 62.6 Å². The fourth-order valence-corrected chi connectivity index (χ4v) is 2.27. The summed E-state index contributed by atoms with van der Waals surface area (Å²) in [5.74, 6) is 0.613. The molecule has 0 saturated heterocycles. The lowest BCUT2D eigenvalue weighted by atomic mass is 10.1. The van der Waals surface area contributed by atoms with Crippen LogP contribution in [0.2, 0.25) is 15.1 Å². The molecule has 0 heterocycles. The minimum Gasteiger partial charge on any atom is -0.487 e. The van der Waals surface area contributed by atoms with Crippen LogP contribution in [0.1, 0.15) is 24.1 Å². The van der Waals surface area contributed by atoms with E-state index in [9.17, 15) is 0 Å². The van der Waals surface area contributed by atoms with Gasteiger partial charge in [0, 0.05) is 6.04 Å². The van der Waals surface area contributed by atoms with Crippen molar-refractivity contribution < 1.29 is 4.74 Å². The molecule has 2 N–H and O–H groups in total. The van der Waals surface area contributed by atoms with Crippen LogP contribution in [0, 0.1) is 0 Å². The third-order valence-electron chi connectivity index (χ3n) is 2.86. The van der Waals surface area contributed by atoms with E-state index in [0.29, 0.717) is 27.4 Å². The monoisotopic (exact) mass is 329 g/mol. The highest BCUT2D eigenvalue weighted by atomic mass is 35.5. The van der Waals surface area contributed by atoms with Crippen LogP contribution in [-0.2, 0) is 6.61 Å². The summed E-state index contributed by atoms with van der Waals surface area (Å²) in [7, 11) is 0. The topological polar surface area (TPSA) is 35.2 Å². The number of nitrogens with two attached hydrogens (primary N) is 1. The first-order chi connectivity index (χ1) is 9.47. The highest BCUT2D eigenvalue weighted by molar-refractivity contribution is 6.42. The van der Waals surface area contributed by atoms with E-state index in [2.05, 4.69) is 0 Å². The average Bonchev–Trinajstić information content (AvgIpc) is 2.41. The lowest BCUT2D eigenvalue weighted by Crippen LogP contribution is -2.05. The van der Waals surface area contributed by atoms with E-state index in [0.717, 1.165) is 11.1 Å². The predicted molar refractivity (Wildman–Crippen MR) is 84.8 cm³/mol. The normalized spacial score (nSPS) is 12.2. The molecular formula is C15H14Cl3NO. The summed E-state index contributed by atoms with van der Waals surface area (Å²) in [4.78, 5) is 0. The lowest BCUT2D eigenvalue weighted by Gasteiger charge is -2.11. The Bertz CT molecular complexity index is 614. The molecule has 106 valence electrons. The zero-order valence-corrected chi connectivity index (χ0v) is 13.1. The summed E-state index contributed by atoms with van der Waals surface area (Å²) in [6.07, 6.45) is 0. The van der Waals surface area contributed by atoms with Crippen molar-refractivity contribution in [3.63, 3.8) is 0 Å². The summed E-state index contributed by atoms with van der Waals surface area (Å²) in [6, 6.07) is 10.8. The van der Waals surface area contributed by atoms with E-state index in [1.165, 1.54) is 0 Å². The average molecular weight is 331 g/mol. The minimum absolute atomic E-state index is 0.0587. The van der Waals surface area contributed by atoms with Crippen LogP contribution in [0.4, 0.5) is 0 Å². The van der Waals surface area contributed by atoms with Crippen molar-refractivity contribution in [2.45, 2.75) is 19.6 Å². The van der Waals surface area contributed by atoms with Crippen molar-refractivity contribution in [2.75, 3.05) is 0 Å². The van der Waals surface area contributed by atoms with Gasteiger partial charge >= 0.3 is 0 Å². The fourth-order valence-electron chi connectivity index (χ4n) is 1.71. The van der Waals surface area contributed by atoms with Gasteiger partial charge in [-0.3, -0.25) is 0 Å². The molecule has 0 aliphatic heterocycles. The number of rotatable bonds is 4. The Morgan fingerprint density at radius 2 is 1.75 bits per heavy atom. The minimum atomic E-state index is -0.0587. The van der Waals surface area contributed by atoms with E-state index in [-0.39, 0.29) is 6.04 Å². The van der Waals surface area contributed by atoms with Crippen LogP contribution >= 0.6 is 34.8 Å². The molecule has 0 radical (unpaired) electrons. The molecule has 2 nitrogen and oxygen atoms in total. The van der Waals surface area contributed by atoms with Crippen LogP contribution < -0.4 is 10.5 Å². The highest BCUT2D eigenvalue weighted by Crippen LogP contribution is 2.29. The van der Waals surface area contributed by atoms with Gasteiger partial charge in [-0.2, -0.15) is 0 Å². The van der Waals surface area contributed by atoms with Gasteiger partial charge in [0.15, 0.2) is 0 Å². The molecule has 0 aliphatic rings. The van der Waals surface area contributed by atoms with Gasteiger partial charge in [-0.25, -0.2) is 0 Å². The van der Waals surface area contributed by atoms with Gasteiger partial charge in [0.05, 0.1) is 15.1 Å². The van der Waals surface area contributed by atoms with Gasteiger partial charge in [-0.15, -0.1) is 0 Å². The molecule has 2 rings (SSSR count). The molecule has 0 aliphatic carbocycles. The zero-order chi connectivity index (χ0) is 14.7. The third kappa shape index (κ3) is 3.80. The number of ether oxygens (including phenoxy) is 1. The summed E-state index contributed by atoms with van der Waals surface area (Å²) >= 11 is 18.0. The molecule has 1 unspecified atom stereocenters. The highest BCUT2D eigenvalue weighted by Gasteiger charge is 2.07. The van der Waals surface area contributed by atoms with Gasteiger partial charge in [-0.05, 0) is 42.3 Å². The second-order valence-electron chi connectivity index (χ2n) is 4.52. The Morgan fingerprint density at radius 1 is 1.00 bits per heavy atom. The van der Waals surface area contributed by atoms with E-state index < -0.39 is 0 Å². The maximum atomic E-state index is 6.17. The van der Waals surface area contributed by atoms with E-state index in [1.807, 2.05) is 31.2 Å². The standard InChI is InChI=1S/C15H14Cl3NO/c1-9(19)11-3-5-15(14(18)7-11)20-8-10-2-4-12(16)13(17)6-10/h2-7,9H,8,19H2,1H3. The van der Waals surface area contributed by atoms with E-state index >= 15 is 0 Å². The second kappa shape index (κ2) is 6.68. The molecule has 1 atom stereocenters. The van der Waals surface area contributed by atoms with E-state index in [4.69, 9.17) is 45.3 Å². The Kier molecular flexibility index (Phi) is 5.17. The molecule has 0 aromatic heterocycles. The zero-order valence-electron chi connectivity index (χ0n) is 10.9. The first-order valence-corrected chi connectivity index (χ1v) is 7.22. The van der Waals surface area contributed by atoms with Crippen LogP contribution in [-0.4, -0.2) is 0 Å². The number of benzene rings is 2. The number of halogens is 3. The molecule has 0 saturated carbocycles. The van der Waals surface area contributed by atoms with Gasteiger partial charge in [0.25, 0.3) is 0 Å². The Labute approximate surface area is 133 Å². The van der Waals surface area contributed by atoms with Crippen LogP contribution in [0.5, 0.6) is 5.75 Å². The Morgan fingerprint density at radius 3 is 2.35 bits per heavy atom. The van der Waals surface area contributed by atoms with Crippen molar-refractivity contribution >= 4 is 34.8 Å². The van der Waals surface area contributed by atoms with Crippen molar-refractivity contribution in [1.82, 2.24) is 0 Å². The number of hydrogen-bond acceptors (Lipinski definition) is 2. The van der Waals surface area contributed by atoms with Gasteiger partial charge in [0.1, 0.15) is 12.4 Å². The van der Waals surface area contributed by atoms with E-state index in [1.54, 1.807) is 12.1 Å². The molecule has 20 heavy (non-hydrogen) atoms. The van der Waals surface area contributed by atoms with Gasteiger partial charge in [0.2, 0.25) is 0 Å². The predicted octanol–water partition coefficient (Wildman–Crippen LogP) is 5.25. The van der Waals surface area contributed by atoms with Gasteiger partial charge in [-0.1, -0.05) is 46.9 Å². The smallest absolute Gasteiger partial charge is 0.138 e. The van der Waals surface area contributed by atoms with Crippen LogP contribution in [0.3, 0.4) is 0 Å². The molecule has 0 spiro atoms. The maximum Gasteiger partial charge on any atom is 0.138 e. The Hall–Kier alpha value is -0.930. The second-order valence-corrected chi connectivity index (χ2v) is 5.74. The fraction of sp³-hybridized carbons (Fsp3) is 0.200. The quantitative estimate of drug-likeness (QED) is 0.831. The Balaban J connectivity index is 2.09. The molecule has 0 bridgehead atoms. The van der Waals surface area contributed by atoms with Gasteiger partial charge < -0.3 is 10.5 Å².